The van der Waals surface area contributed by atoms with Gasteiger partial charge in [0.05, 0.1) is 5.56 Å². The minimum absolute atomic E-state index is 0. The molecule has 0 radical (unpaired) electrons. The average molecular weight is 946 g/mol. The van der Waals surface area contributed by atoms with Gasteiger partial charge in [-0.2, -0.15) is 39.5 Å². The summed E-state index contributed by atoms with van der Waals surface area (Å²) in [6.07, 6.45) is -26.6. The Labute approximate surface area is 350 Å². The van der Waals surface area contributed by atoms with Crippen molar-refractivity contribution >= 4 is 40.1 Å². The molecule has 5 rings (SSSR count). The second-order valence-electron chi connectivity index (χ2n) is 12.8. The molecule has 0 saturated carbocycles. The maximum atomic E-state index is 16.9. The molecule has 0 spiro atoms. The van der Waals surface area contributed by atoms with Gasteiger partial charge in [0.25, 0.3) is 0 Å². The Balaban J connectivity index is 0.00000898. The van der Waals surface area contributed by atoms with E-state index in [0.29, 0.717) is 12.1 Å². The fourth-order valence-electron chi connectivity index (χ4n) is 7.04. The van der Waals surface area contributed by atoms with Gasteiger partial charge in [-0.25, -0.2) is 70.2 Å². The second-order valence-corrected chi connectivity index (χ2v) is 12.8. The summed E-state index contributed by atoms with van der Waals surface area (Å²) in [6.45, 7) is 6.50. The first-order valence-corrected chi connectivity index (χ1v) is 16.0. The molecule has 336 valence electrons. The van der Waals surface area contributed by atoms with Crippen LogP contribution >= 0.6 is 0 Å². The molecule has 0 aromatic heterocycles. The van der Waals surface area contributed by atoms with Gasteiger partial charge in [0.1, 0.15) is 69.4 Å². The third kappa shape index (κ3) is 7.48. The predicted molar refractivity (Wildman–Crippen MR) is 170 cm³/mol. The largest absolute Gasteiger partial charge is 1.00 e. The first-order valence-electron chi connectivity index (χ1n) is 16.0. The maximum absolute atomic E-state index is 16.9. The van der Waals surface area contributed by atoms with Crippen LogP contribution in [0, 0.1) is 93.1 Å². The van der Waals surface area contributed by atoms with Crippen LogP contribution in [0.3, 0.4) is 0 Å². The molecule has 27 heteroatoms. The molecule has 0 N–H and O–H groups in total. The first kappa shape index (κ1) is 51.1. The summed E-state index contributed by atoms with van der Waals surface area (Å²) in [4.78, 5) is 0. The molecule has 0 bridgehead atoms. The van der Waals surface area contributed by atoms with Gasteiger partial charge in [0, 0.05) is 0 Å². The molecule has 0 saturated heterocycles. The van der Waals surface area contributed by atoms with E-state index in [1.54, 1.807) is 0 Å². The van der Waals surface area contributed by atoms with Crippen LogP contribution in [0.1, 0.15) is 27.8 Å². The predicted octanol–water partition coefficient (Wildman–Crippen LogP) is 8.30. The van der Waals surface area contributed by atoms with Gasteiger partial charge in [0.15, 0.2) is 46.5 Å². The van der Waals surface area contributed by atoms with E-state index in [1.807, 2.05) is 0 Å². The van der Waals surface area contributed by atoms with E-state index in [0.717, 1.165) is 18.2 Å². The number of halogens is 25. The molecule has 5 aromatic rings. The zero-order valence-corrected chi connectivity index (χ0v) is 30.3. The SMILES string of the molecule is C=Cc1cc(C=C)cc(-c2c(F)c(F)c([B-](c3c(F)c(F)c(C(F)(F)F)c(F)c3F)(c3c(F)c(F)c(C(F)(F)F)c(F)c3F)c3c(F)c(F)c(C(F)(F)F)c(F)c3F)c(F)c2F)c1.[Li+]. The molecule has 0 heterocycles. The standard InChI is InChI=1S/C37H9BF25.Li/c1-3-8-5-9(4-2)7-10(6-8)11-19(39)27(47)15(28(48)20(11)40)38(16-29(49)21(41)12(35(55,56)57)22(42)30(16)50,17-31(51)23(43)13(36(58,59)60)24(44)32(17)52)18-33(53)25(45)14(37(61,62)63)26(46)34(18)54;/h3-7H,1-2H2;/q-1;+1. The van der Waals surface area contributed by atoms with Crippen LogP contribution in [0.15, 0.2) is 31.4 Å². The van der Waals surface area contributed by atoms with Crippen molar-refractivity contribution in [1.82, 2.24) is 0 Å². The van der Waals surface area contributed by atoms with Crippen molar-refractivity contribution in [3.05, 3.63) is 152 Å². The van der Waals surface area contributed by atoms with Crippen molar-refractivity contribution in [2.24, 2.45) is 0 Å². The summed E-state index contributed by atoms with van der Waals surface area (Å²) in [5.41, 5.74) is -31.8. The number of hydrogen-bond acceptors (Lipinski definition) is 0. The molecule has 0 fully saturated rings. The van der Waals surface area contributed by atoms with Gasteiger partial charge in [-0.05, 0) is 34.9 Å². The van der Waals surface area contributed by atoms with Crippen molar-refractivity contribution in [2.75, 3.05) is 0 Å². The van der Waals surface area contributed by atoms with Crippen LogP contribution in [-0.2, 0) is 18.5 Å². The molecule has 0 unspecified atom stereocenters. The minimum Gasteiger partial charge on any atom is -0.207 e. The molecular weight excluding hydrogens is 937 g/mol. The fraction of sp³-hybridized carbons (Fsp3) is 0.0811. The van der Waals surface area contributed by atoms with Crippen LogP contribution in [0.5, 0.6) is 0 Å². The fourth-order valence-corrected chi connectivity index (χ4v) is 7.04. The second kappa shape index (κ2) is 16.8. The van der Waals surface area contributed by atoms with Crippen molar-refractivity contribution in [1.29, 1.82) is 0 Å². The third-order valence-electron chi connectivity index (χ3n) is 9.51. The van der Waals surface area contributed by atoms with Crippen molar-refractivity contribution < 1.29 is 129 Å². The Kier molecular flexibility index (Phi) is 13.4. The maximum Gasteiger partial charge on any atom is 1.00 e. The van der Waals surface area contributed by atoms with E-state index in [9.17, 15) is 39.5 Å². The van der Waals surface area contributed by atoms with Gasteiger partial charge >= 0.3 is 37.4 Å². The third-order valence-corrected chi connectivity index (χ3v) is 9.51. The van der Waals surface area contributed by atoms with Gasteiger partial charge < -0.3 is 0 Å². The molecule has 0 nitrogen and oxygen atoms in total. The summed E-state index contributed by atoms with van der Waals surface area (Å²) >= 11 is 0. The Bertz CT molecular complexity index is 2460. The molecule has 0 atom stereocenters. The Morgan fingerprint density at radius 2 is 0.531 bits per heavy atom. The number of hydrogen-bond donors (Lipinski definition) is 0. The molecule has 64 heavy (non-hydrogen) atoms. The molecular formula is C37H9BF25Li. The topological polar surface area (TPSA) is 0 Å². The Morgan fingerprint density at radius 1 is 0.328 bits per heavy atom. The molecule has 5 aromatic carbocycles. The van der Waals surface area contributed by atoms with Crippen molar-refractivity contribution in [2.45, 2.75) is 18.5 Å². The van der Waals surface area contributed by atoms with Crippen LogP contribution in [0.2, 0.25) is 0 Å². The van der Waals surface area contributed by atoms with Gasteiger partial charge in [0.2, 0.25) is 0 Å². The number of rotatable bonds is 7. The minimum atomic E-state index is -7.90. The number of benzene rings is 5. The average Bonchev–Trinajstić information content (AvgIpc) is 3.16. The van der Waals surface area contributed by atoms with Gasteiger partial charge in [-0.3, -0.25) is 0 Å². The van der Waals surface area contributed by atoms with Crippen LogP contribution < -0.4 is 40.7 Å². The van der Waals surface area contributed by atoms with Crippen molar-refractivity contribution in [3.8, 4) is 11.1 Å². The molecule has 0 aliphatic heterocycles. The normalized spacial score (nSPS) is 12.5. The monoisotopic (exact) mass is 946 g/mol. The van der Waals surface area contributed by atoms with Crippen LogP contribution in [-0.4, -0.2) is 6.15 Å². The van der Waals surface area contributed by atoms with E-state index >= 15 is 70.2 Å². The van der Waals surface area contributed by atoms with Crippen molar-refractivity contribution in [3.63, 3.8) is 0 Å². The summed E-state index contributed by atoms with van der Waals surface area (Å²) < 4.78 is 380. The van der Waals surface area contributed by atoms with Gasteiger partial charge in [-0.15, -0.1) is 21.9 Å². The summed E-state index contributed by atoms with van der Waals surface area (Å²) in [6, 6.07) is 2.10. The van der Waals surface area contributed by atoms with Crippen LogP contribution in [0.4, 0.5) is 110 Å². The van der Waals surface area contributed by atoms with E-state index in [4.69, 9.17) is 0 Å². The zero-order valence-electron chi connectivity index (χ0n) is 30.3. The Hall–Kier alpha value is -5.51. The summed E-state index contributed by atoms with van der Waals surface area (Å²) in [7, 11) is 0. The van der Waals surface area contributed by atoms with Gasteiger partial charge in [-0.1, -0.05) is 25.3 Å². The quantitative estimate of drug-likeness (QED) is 0.0877. The van der Waals surface area contributed by atoms with E-state index in [1.165, 1.54) is 0 Å². The summed E-state index contributed by atoms with van der Waals surface area (Å²) in [5, 5.41) is 0. The van der Waals surface area contributed by atoms with E-state index < -0.39 is 167 Å². The van der Waals surface area contributed by atoms with E-state index in [2.05, 4.69) is 13.2 Å². The number of alkyl halides is 9. The summed E-state index contributed by atoms with van der Waals surface area (Å²) in [5.74, 6) is -64.5. The Morgan fingerprint density at radius 3 is 0.719 bits per heavy atom. The van der Waals surface area contributed by atoms with Crippen LogP contribution in [0.25, 0.3) is 23.3 Å². The molecule has 0 aliphatic rings. The zero-order chi connectivity index (χ0) is 48.1. The smallest absolute Gasteiger partial charge is 0.207 e. The first-order chi connectivity index (χ1) is 28.8. The molecule has 0 aliphatic carbocycles. The molecule has 0 amide bonds. The van der Waals surface area contributed by atoms with E-state index in [-0.39, 0.29) is 30.0 Å².